The van der Waals surface area contributed by atoms with Gasteiger partial charge in [0, 0.05) is 0 Å². The lowest BCUT2D eigenvalue weighted by molar-refractivity contribution is 0.156. The topological polar surface area (TPSA) is 53.2 Å². The normalized spacial score (nSPS) is 19.1. The maximum Gasteiger partial charge on any atom is 0.174 e. The second kappa shape index (κ2) is 4.33. The van der Waals surface area contributed by atoms with Gasteiger partial charge >= 0.3 is 0 Å². The lowest BCUT2D eigenvalue weighted by atomic mass is 9.89. The Hall–Kier alpha value is -1.53. The molecule has 0 bridgehead atoms. The Morgan fingerprint density at radius 1 is 1.53 bits per heavy atom. The van der Waals surface area contributed by atoms with Crippen molar-refractivity contribution in [1.82, 2.24) is 0 Å². The predicted octanol–water partition coefficient (Wildman–Crippen LogP) is 1.96. The zero-order chi connectivity index (χ0) is 10.7. The molecule has 1 aromatic rings. The minimum atomic E-state index is -0.376. The van der Waals surface area contributed by atoms with Crippen LogP contribution < -0.4 is 4.74 Å². The molecule has 3 heteroatoms. The van der Waals surface area contributed by atoms with Crippen LogP contribution in [-0.4, -0.2) is 11.7 Å². The summed E-state index contributed by atoms with van der Waals surface area (Å²) in [4.78, 5) is 0. The Morgan fingerprint density at radius 3 is 3.20 bits per heavy atom. The molecule has 0 radical (unpaired) electrons. The van der Waals surface area contributed by atoms with Crippen LogP contribution in [0.2, 0.25) is 0 Å². The molecule has 1 aromatic carbocycles. The SMILES string of the molecule is N#CCOc1ccc2c(c1)[C@H](O)CCC2. The number of aliphatic hydroxyl groups excluding tert-OH is 1. The molecule has 15 heavy (non-hydrogen) atoms. The lowest BCUT2D eigenvalue weighted by Gasteiger charge is -2.21. The second-order valence-corrected chi connectivity index (χ2v) is 3.72. The first-order chi connectivity index (χ1) is 7.31. The highest BCUT2D eigenvalue weighted by Gasteiger charge is 2.18. The van der Waals surface area contributed by atoms with E-state index in [0.29, 0.717) is 5.75 Å². The number of hydrogen-bond donors (Lipinski definition) is 1. The Labute approximate surface area is 88.9 Å². The third kappa shape index (κ3) is 2.11. The van der Waals surface area contributed by atoms with E-state index in [9.17, 15) is 5.11 Å². The van der Waals surface area contributed by atoms with Crippen molar-refractivity contribution >= 4 is 0 Å². The van der Waals surface area contributed by atoms with E-state index >= 15 is 0 Å². The minimum absolute atomic E-state index is 0.0505. The standard InChI is InChI=1S/C12H13NO2/c13-6-7-15-10-5-4-9-2-1-3-12(14)11(9)8-10/h4-5,8,12,14H,1-3,7H2/t12-/m1/s1. The number of hydrogen-bond acceptors (Lipinski definition) is 3. The smallest absolute Gasteiger partial charge is 0.174 e. The molecular weight excluding hydrogens is 190 g/mol. The molecule has 0 fully saturated rings. The highest BCUT2D eigenvalue weighted by atomic mass is 16.5. The van der Waals surface area contributed by atoms with Gasteiger partial charge < -0.3 is 9.84 Å². The highest BCUT2D eigenvalue weighted by molar-refractivity contribution is 5.38. The number of aliphatic hydroxyl groups is 1. The lowest BCUT2D eigenvalue weighted by Crippen LogP contribution is -2.09. The second-order valence-electron chi connectivity index (χ2n) is 3.72. The average Bonchev–Trinajstić information content (AvgIpc) is 2.27. The summed E-state index contributed by atoms with van der Waals surface area (Å²) >= 11 is 0. The first-order valence-corrected chi connectivity index (χ1v) is 5.12. The maximum atomic E-state index is 9.79. The van der Waals surface area contributed by atoms with E-state index in [-0.39, 0.29) is 12.7 Å². The van der Waals surface area contributed by atoms with E-state index in [4.69, 9.17) is 10.00 Å². The fraction of sp³-hybridized carbons (Fsp3) is 0.417. The zero-order valence-corrected chi connectivity index (χ0v) is 8.44. The van der Waals surface area contributed by atoms with Crippen LogP contribution in [-0.2, 0) is 6.42 Å². The number of ether oxygens (including phenoxy) is 1. The van der Waals surface area contributed by atoms with Gasteiger partial charge in [-0.3, -0.25) is 0 Å². The van der Waals surface area contributed by atoms with Crippen LogP contribution >= 0.6 is 0 Å². The Bertz CT molecular complexity index is 395. The van der Waals surface area contributed by atoms with E-state index in [1.807, 2.05) is 24.3 Å². The Balaban J connectivity index is 2.24. The molecule has 0 aliphatic heterocycles. The molecule has 1 atom stereocenters. The highest BCUT2D eigenvalue weighted by Crippen LogP contribution is 2.32. The molecule has 3 nitrogen and oxygen atoms in total. The first-order valence-electron chi connectivity index (χ1n) is 5.12. The van der Waals surface area contributed by atoms with Gasteiger partial charge in [0.25, 0.3) is 0 Å². The van der Waals surface area contributed by atoms with Crippen molar-refractivity contribution in [2.75, 3.05) is 6.61 Å². The number of aryl methyl sites for hydroxylation is 1. The number of fused-ring (bicyclic) bond motifs is 1. The van der Waals surface area contributed by atoms with Gasteiger partial charge in [-0.05, 0) is 42.5 Å². The van der Waals surface area contributed by atoms with Gasteiger partial charge in [0.2, 0.25) is 0 Å². The van der Waals surface area contributed by atoms with E-state index in [2.05, 4.69) is 0 Å². The summed E-state index contributed by atoms with van der Waals surface area (Å²) in [7, 11) is 0. The summed E-state index contributed by atoms with van der Waals surface area (Å²) in [5.74, 6) is 0.663. The first kappa shape index (κ1) is 10.0. The molecule has 0 unspecified atom stereocenters. The monoisotopic (exact) mass is 203 g/mol. The summed E-state index contributed by atoms with van der Waals surface area (Å²) in [6.07, 6.45) is 2.49. The van der Waals surface area contributed by atoms with Gasteiger partial charge in [-0.2, -0.15) is 5.26 Å². The van der Waals surface area contributed by atoms with Gasteiger partial charge in [0.15, 0.2) is 6.61 Å². The van der Waals surface area contributed by atoms with Crippen LogP contribution in [0.25, 0.3) is 0 Å². The van der Waals surface area contributed by atoms with Gasteiger partial charge in [-0.15, -0.1) is 0 Å². The van der Waals surface area contributed by atoms with Crippen LogP contribution in [0.4, 0.5) is 0 Å². The molecule has 2 rings (SSSR count). The third-order valence-electron chi connectivity index (χ3n) is 2.70. The number of nitrogens with zero attached hydrogens (tertiary/aromatic N) is 1. The van der Waals surface area contributed by atoms with E-state index in [0.717, 1.165) is 24.8 Å². The zero-order valence-electron chi connectivity index (χ0n) is 8.44. The summed E-state index contributed by atoms with van der Waals surface area (Å²) in [6, 6.07) is 7.60. The van der Waals surface area contributed by atoms with Crippen LogP contribution in [0.15, 0.2) is 18.2 Å². The summed E-state index contributed by atoms with van der Waals surface area (Å²) in [6.45, 7) is 0.0505. The molecule has 78 valence electrons. The van der Waals surface area contributed by atoms with Gasteiger partial charge in [-0.25, -0.2) is 0 Å². The largest absolute Gasteiger partial charge is 0.479 e. The average molecular weight is 203 g/mol. The predicted molar refractivity (Wildman–Crippen MR) is 55.4 cm³/mol. The summed E-state index contributed by atoms with van der Waals surface area (Å²) < 4.78 is 5.20. The molecular formula is C12H13NO2. The van der Waals surface area contributed by atoms with Crippen LogP contribution in [0.3, 0.4) is 0 Å². The Morgan fingerprint density at radius 2 is 2.40 bits per heavy atom. The van der Waals surface area contributed by atoms with E-state index in [1.165, 1.54) is 5.56 Å². The molecule has 1 aliphatic carbocycles. The van der Waals surface area contributed by atoms with Crippen molar-refractivity contribution < 1.29 is 9.84 Å². The van der Waals surface area contributed by atoms with Gasteiger partial charge in [0.1, 0.15) is 11.8 Å². The number of rotatable bonds is 2. The van der Waals surface area contributed by atoms with Gasteiger partial charge in [0.05, 0.1) is 6.10 Å². The van der Waals surface area contributed by atoms with Crippen molar-refractivity contribution in [2.45, 2.75) is 25.4 Å². The van der Waals surface area contributed by atoms with Crippen LogP contribution in [0, 0.1) is 11.3 Å². The van der Waals surface area contributed by atoms with Crippen LogP contribution in [0.5, 0.6) is 5.75 Å². The van der Waals surface area contributed by atoms with Crippen molar-refractivity contribution in [3.8, 4) is 11.8 Å². The van der Waals surface area contributed by atoms with Crippen molar-refractivity contribution in [1.29, 1.82) is 5.26 Å². The third-order valence-corrected chi connectivity index (χ3v) is 2.70. The van der Waals surface area contributed by atoms with Crippen molar-refractivity contribution in [2.24, 2.45) is 0 Å². The quantitative estimate of drug-likeness (QED) is 0.799. The fourth-order valence-corrected chi connectivity index (χ4v) is 1.96. The molecule has 0 aromatic heterocycles. The van der Waals surface area contributed by atoms with Crippen molar-refractivity contribution in [3.05, 3.63) is 29.3 Å². The molecule has 1 aliphatic rings. The van der Waals surface area contributed by atoms with Crippen LogP contribution in [0.1, 0.15) is 30.1 Å². The summed E-state index contributed by atoms with van der Waals surface area (Å²) in [5, 5.41) is 18.2. The maximum absolute atomic E-state index is 9.79. The van der Waals surface area contributed by atoms with Crippen molar-refractivity contribution in [3.63, 3.8) is 0 Å². The molecule has 0 heterocycles. The van der Waals surface area contributed by atoms with E-state index in [1.54, 1.807) is 0 Å². The molecule has 1 N–H and O–H groups in total. The molecule has 0 saturated carbocycles. The Kier molecular flexibility index (Phi) is 2.89. The van der Waals surface area contributed by atoms with Gasteiger partial charge in [-0.1, -0.05) is 6.07 Å². The minimum Gasteiger partial charge on any atom is -0.479 e. The fourth-order valence-electron chi connectivity index (χ4n) is 1.96. The molecule has 0 spiro atoms. The number of benzene rings is 1. The molecule has 0 amide bonds. The summed E-state index contributed by atoms with van der Waals surface area (Å²) in [5.41, 5.74) is 2.15. The van der Waals surface area contributed by atoms with E-state index < -0.39 is 0 Å². The number of nitriles is 1. The molecule has 0 saturated heterocycles.